The molecule has 2 aliphatic rings. The molecule has 4 nitrogen and oxygen atoms in total. The molecule has 0 aromatic heterocycles. The number of esters is 1. The number of hydrogen-bond donors (Lipinski definition) is 1. The summed E-state index contributed by atoms with van der Waals surface area (Å²) in [6, 6.07) is 0. The van der Waals surface area contributed by atoms with Crippen molar-refractivity contribution in [1.82, 2.24) is 0 Å². The van der Waals surface area contributed by atoms with Gasteiger partial charge in [0.05, 0.1) is 25.2 Å². The quantitative estimate of drug-likeness (QED) is 0.806. The molecular formula is C16H28O4. The van der Waals surface area contributed by atoms with Crippen molar-refractivity contribution < 1.29 is 19.4 Å². The molecule has 0 aromatic rings. The smallest absolute Gasteiger partial charge is 0.308 e. The predicted octanol–water partition coefficient (Wildman–Crippen LogP) is 2.68. The highest BCUT2D eigenvalue weighted by Gasteiger charge is 2.45. The van der Waals surface area contributed by atoms with Gasteiger partial charge in [-0.25, -0.2) is 0 Å². The summed E-state index contributed by atoms with van der Waals surface area (Å²) in [5.74, 6) is 0.481. The lowest BCUT2D eigenvalue weighted by Crippen LogP contribution is -2.47. The SMILES string of the molecule is COC(=O)C[C@]1(O)CCCC[C@@H]1C1CCC(OC)CC1. The fourth-order valence-corrected chi connectivity index (χ4v) is 4.19. The summed E-state index contributed by atoms with van der Waals surface area (Å²) in [4.78, 5) is 11.6. The molecule has 2 aliphatic carbocycles. The maximum atomic E-state index is 11.6. The highest BCUT2D eigenvalue weighted by molar-refractivity contribution is 5.70. The van der Waals surface area contributed by atoms with E-state index in [9.17, 15) is 9.90 Å². The second kappa shape index (κ2) is 6.90. The normalized spacial score (nSPS) is 38.5. The van der Waals surface area contributed by atoms with Gasteiger partial charge in [0, 0.05) is 7.11 Å². The van der Waals surface area contributed by atoms with Crippen LogP contribution in [0.4, 0.5) is 0 Å². The minimum atomic E-state index is -0.851. The van der Waals surface area contributed by atoms with Crippen molar-refractivity contribution in [3.8, 4) is 0 Å². The molecule has 2 saturated carbocycles. The van der Waals surface area contributed by atoms with Crippen LogP contribution in [-0.4, -0.2) is 37.0 Å². The third-order valence-corrected chi connectivity index (χ3v) is 5.36. The molecule has 1 N–H and O–H groups in total. The lowest BCUT2D eigenvalue weighted by Gasteiger charge is -2.45. The number of carbonyl (C=O) groups is 1. The zero-order chi connectivity index (χ0) is 14.6. The van der Waals surface area contributed by atoms with E-state index in [1.807, 2.05) is 0 Å². The topological polar surface area (TPSA) is 55.8 Å². The Hall–Kier alpha value is -0.610. The Kier molecular flexibility index (Phi) is 5.44. The maximum absolute atomic E-state index is 11.6. The Morgan fingerprint density at radius 3 is 2.45 bits per heavy atom. The first-order chi connectivity index (χ1) is 9.59. The van der Waals surface area contributed by atoms with Gasteiger partial charge >= 0.3 is 5.97 Å². The Labute approximate surface area is 121 Å². The first kappa shape index (κ1) is 15.8. The monoisotopic (exact) mass is 284 g/mol. The average Bonchev–Trinajstić information content (AvgIpc) is 2.47. The van der Waals surface area contributed by atoms with Gasteiger partial charge in [0.25, 0.3) is 0 Å². The van der Waals surface area contributed by atoms with Crippen LogP contribution >= 0.6 is 0 Å². The van der Waals surface area contributed by atoms with E-state index in [2.05, 4.69) is 0 Å². The van der Waals surface area contributed by atoms with Gasteiger partial charge in [0.15, 0.2) is 0 Å². The van der Waals surface area contributed by atoms with Crippen LogP contribution in [0.2, 0.25) is 0 Å². The molecule has 0 aliphatic heterocycles. The number of ether oxygens (including phenoxy) is 2. The minimum Gasteiger partial charge on any atom is -0.469 e. The van der Waals surface area contributed by atoms with E-state index in [1.54, 1.807) is 7.11 Å². The number of carbonyl (C=O) groups excluding carboxylic acids is 1. The molecule has 0 spiro atoms. The molecule has 116 valence electrons. The molecule has 0 heterocycles. The molecule has 2 fully saturated rings. The molecule has 0 unspecified atom stereocenters. The Bertz CT molecular complexity index is 322. The Balaban J connectivity index is 2.01. The summed E-state index contributed by atoms with van der Waals surface area (Å²) < 4.78 is 10.2. The van der Waals surface area contributed by atoms with Crippen LogP contribution in [0.15, 0.2) is 0 Å². The third kappa shape index (κ3) is 3.53. The standard InChI is InChI=1S/C16H28O4/c1-19-13-8-6-12(7-9-13)14-5-3-4-10-16(14,18)11-15(17)20-2/h12-14,18H,3-11H2,1-2H3/t12?,13?,14-,16-/m1/s1. The molecule has 0 aromatic carbocycles. The zero-order valence-electron chi connectivity index (χ0n) is 12.8. The van der Waals surface area contributed by atoms with Crippen LogP contribution in [0, 0.1) is 11.8 Å². The van der Waals surface area contributed by atoms with Crippen LogP contribution < -0.4 is 0 Å². The van der Waals surface area contributed by atoms with Gasteiger partial charge in [-0.15, -0.1) is 0 Å². The average molecular weight is 284 g/mol. The number of aliphatic hydroxyl groups is 1. The van der Waals surface area contributed by atoms with Gasteiger partial charge in [-0.1, -0.05) is 12.8 Å². The number of hydrogen-bond acceptors (Lipinski definition) is 4. The fourth-order valence-electron chi connectivity index (χ4n) is 4.19. The van der Waals surface area contributed by atoms with Crippen molar-refractivity contribution in [2.75, 3.05) is 14.2 Å². The predicted molar refractivity (Wildman–Crippen MR) is 76.3 cm³/mol. The van der Waals surface area contributed by atoms with Crippen LogP contribution in [0.1, 0.15) is 57.8 Å². The van der Waals surface area contributed by atoms with Crippen molar-refractivity contribution in [3.05, 3.63) is 0 Å². The van der Waals surface area contributed by atoms with Gasteiger partial charge in [-0.05, 0) is 50.4 Å². The van der Waals surface area contributed by atoms with Gasteiger partial charge in [0.1, 0.15) is 0 Å². The zero-order valence-corrected chi connectivity index (χ0v) is 12.8. The fraction of sp³-hybridized carbons (Fsp3) is 0.938. The van der Waals surface area contributed by atoms with Crippen LogP contribution in [-0.2, 0) is 14.3 Å². The molecule has 0 saturated heterocycles. The summed E-state index contributed by atoms with van der Waals surface area (Å²) in [6.07, 6.45) is 8.83. The summed E-state index contributed by atoms with van der Waals surface area (Å²) in [5, 5.41) is 11.0. The molecule has 2 atom stereocenters. The lowest BCUT2D eigenvalue weighted by atomic mass is 9.64. The second-order valence-corrected chi connectivity index (χ2v) is 6.48. The maximum Gasteiger partial charge on any atom is 0.308 e. The van der Waals surface area contributed by atoms with Crippen molar-refractivity contribution in [2.24, 2.45) is 11.8 Å². The third-order valence-electron chi connectivity index (χ3n) is 5.36. The van der Waals surface area contributed by atoms with Crippen molar-refractivity contribution in [2.45, 2.75) is 69.5 Å². The molecule has 0 radical (unpaired) electrons. The summed E-state index contributed by atoms with van der Waals surface area (Å²) in [7, 11) is 3.17. The van der Waals surface area contributed by atoms with Crippen LogP contribution in [0.3, 0.4) is 0 Å². The lowest BCUT2D eigenvalue weighted by molar-refractivity contribution is -0.154. The van der Waals surface area contributed by atoms with Gasteiger partial charge in [-0.2, -0.15) is 0 Å². The van der Waals surface area contributed by atoms with Gasteiger partial charge in [-0.3, -0.25) is 4.79 Å². The van der Waals surface area contributed by atoms with E-state index in [0.717, 1.165) is 44.9 Å². The second-order valence-electron chi connectivity index (χ2n) is 6.48. The van der Waals surface area contributed by atoms with Gasteiger partial charge < -0.3 is 14.6 Å². The molecular weight excluding hydrogens is 256 g/mol. The summed E-state index contributed by atoms with van der Waals surface area (Å²) in [6.45, 7) is 0. The molecule has 2 rings (SSSR count). The van der Waals surface area contributed by atoms with E-state index < -0.39 is 5.60 Å². The van der Waals surface area contributed by atoms with Crippen molar-refractivity contribution >= 4 is 5.97 Å². The van der Waals surface area contributed by atoms with E-state index in [4.69, 9.17) is 9.47 Å². The van der Waals surface area contributed by atoms with Crippen LogP contribution in [0.5, 0.6) is 0 Å². The first-order valence-corrected chi connectivity index (χ1v) is 7.91. The number of rotatable bonds is 4. The number of methoxy groups -OCH3 is 2. The molecule has 20 heavy (non-hydrogen) atoms. The van der Waals surface area contributed by atoms with E-state index in [-0.39, 0.29) is 18.3 Å². The van der Waals surface area contributed by atoms with E-state index in [1.165, 1.54) is 13.5 Å². The summed E-state index contributed by atoms with van der Waals surface area (Å²) in [5.41, 5.74) is -0.851. The molecule has 4 heteroatoms. The van der Waals surface area contributed by atoms with E-state index in [0.29, 0.717) is 12.0 Å². The molecule has 0 amide bonds. The Morgan fingerprint density at radius 1 is 1.15 bits per heavy atom. The summed E-state index contributed by atoms with van der Waals surface area (Å²) >= 11 is 0. The highest BCUT2D eigenvalue weighted by Crippen LogP contribution is 2.45. The van der Waals surface area contributed by atoms with E-state index >= 15 is 0 Å². The molecule has 0 bridgehead atoms. The van der Waals surface area contributed by atoms with Crippen molar-refractivity contribution in [3.63, 3.8) is 0 Å². The van der Waals surface area contributed by atoms with Gasteiger partial charge in [0.2, 0.25) is 0 Å². The van der Waals surface area contributed by atoms with Crippen LogP contribution in [0.25, 0.3) is 0 Å². The van der Waals surface area contributed by atoms with Crippen molar-refractivity contribution in [1.29, 1.82) is 0 Å². The minimum absolute atomic E-state index is 0.151. The first-order valence-electron chi connectivity index (χ1n) is 7.91. The largest absolute Gasteiger partial charge is 0.469 e. The Morgan fingerprint density at radius 2 is 1.85 bits per heavy atom. The highest BCUT2D eigenvalue weighted by atomic mass is 16.5.